The summed E-state index contributed by atoms with van der Waals surface area (Å²) in [4.78, 5) is 17.1. The lowest BCUT2D eigenvalue weighted by Crippen LogP contribution is -2.33. The van der Waals surface area contributed by atoms with Gasteiger partial charge in [0.15, 0.2) is 23.2 Å². The van der Waals surface area contributed by atoms with Crippen LogP contribution >= 0.6 is 0 Å². The van der Waals surface area contributed by atoms with Crippen molar-refractivity contribution in [1.82, 2.24) is 24.5 Å². The number of fused-ring (bicyclic) bond motifs is 1. The highest BCUT2D eigenvalue weighted by atomic mass is 16.6. The number of aliphatic hydroxyl groups excluding tert-OH is 3. The summed E-state index contributed by atoms with van der Waals surface area (Å²) < 4.78 is 7.08. The number of nitrogens with zero attached hydrogens (tertiary/aromatic N) is 5. The second-order valence-electron chi connectivity index (χ2n) is 6.27. The number of pyridine rings is 1. The third-order valence-corrected chi connectivity index (χ3v) is 4.55. The third-order valence-electron chi connectivity index (χ3n) is 4.55. The number of aliphatic hydroxyl groups is 3. The van der Waals surface area contributed by atoms with Crippen molar-refractivity contribution >= 4 is 17.0 Å². The van der Waals surface area contributed by atoms with Crippen molar-refractivity contribution in [3.63, 3.8) is 0 Å². The minimum absolute atomic E-state index is 0.392. The summed E-state index contributed by atoms with van der Waals surface area (Å²) in [5, 5.41) is 32.7. The van der Waals surface area contributed by atoms with Crippen molar-refractivity contribution in [2.24, 2.45) is 0 Å². The van der Waals surface area contributed by atoms with E-state index in [9.17, 15) is 15.3 Å². The van der Waals surface area contributed by atoms with Gasteiger partial charge in [0.05, 0.1) is 12.9 Å². The minimum Gasteiger partial charge on any atom is -0.394 e. The van der Waals surface area contributed by atoms with Gasteiger partial charge in [0.25, 0.3) is 0 Å². The summed E-state index contributed by atoms with van der Waals surface area (Å²) in [7, 11) is 0. The van der Waals surface area contributed by atoms with Crippen molar-refractivity contribution in [2.45, 2.75) is 31.0 Å². The topological polar surface area (TPSA) is 138 Å². The van der Waals surface area contributed by atoms with Crippen LogP contribution in [0.1, 0.15) is 11.9 Å². The van der Waals surface area contributed by atoms with Crippen LogP contribution in [0, 0.1) is 0 Å². The largest absolute Gasteiger partial charge is 0.394 e. The molecule has 4 unspecified atom stereocenters. The molecular weight excluding hydrogens is 352 g/mol. The van der Waals surface area contributed by atoms with E-state index in [2.05, 4.69) is 25.3 Å². The van der Waals surface area contributed by atoms with Crippen molar-refractivity contribution < 1.29 is 20.1 Å². The molecule has 10 heteroatoms. The van der Waals surface area contributed by atoms with E-state index in [4.69, 9.17) is 4.74 Å². The Balaban J connectivity index is 1.53. The van der Waals surface area contributed by atoms with Crippen molar-refractivity contribution in [2.75, 3.05) is 18.5 Å². The van der Waals surface area contributed by atoms with Crippen molar-refractivity contribution in [1.29, 1.82) is 0 Å². The average molecular weight is 372 g/mol. The lowest BCUT2D eigenvalue weighted by atomic mass is 10.1. The molecule has 0 bridgehead atoms. The molecule has 4 rings (SSSR count). The Morgan fingerprint density at radius 1 is 1.11 bits per heavy atom. The van der Waals surface area contributed by atoms with Gasteiger partial charge in [0, 0.05) is 24.9 Å². The van der Waals surface area contributed by atoms with Gasteiger partial charge in [-0.25, -0.2) is 15.0 Å². The number of hydrogen-bond acceptors (Lipinski definition) is 9. The van der Waals surface area contributed by atoms with E-state index in [1.165, 1.54) is 17.2 Å². The first kappa shape index (κ1) is 17.7. The SMILES string of the molecule is OCC1OC(n2cnc3c(NCCc4ccccn4)ncnc32)C(O)C1O. The van der Waals surface area contributed by atoms with Crippen LogP contribution in [0.25, 0.3) is 11.2 Å². The van der Waals surface area contributed by atoms with E-state index < -0.39 is 31.1 Å². The molecule has 27 heavy (non-hydrogen) atoms. The summed E-state index contributed by atoms with van der Waals surface area (Å²) in [5.74, 6) is 0.557. The van der Waals surface area contributed by atoms with Crippen LogP contribution in [0.4, 0.5) is 5.82 Å². The zero-order chi connectivity index (χ0) is 18.8. The molecule has 3 aromatic heterocycles. The van der Waals surface area contributed by atoms with Crippen molar-refractivity contribution in [3.05, 3.63) is 42.7 Å². The van der Waals surface area contributed by atoms with Gasteiger partial charge < -0.3 is 25.4 Å². The van der Waals surface area contributed by atoms with E-state index >= 15 is 0 Å². The fourth-order valence-corrected chi connectivity index (χ4v) is 3.13. The molecule has 0 spiro atoms. The normalized spacial score (nSPS) is 25.1. The zero-order valence-corrected chi connectivity index (χ0v) is 14.4. The van der Waals surface area contributed by atoms with Crippen LogP contribution in [0.2, 0.25) is 0 Å². The molecule has 0 radical (unpaired) electrons. The number of aromatic nitrogens is 5. The maximum absolute atomic E-state index is 10.2. The van der Waals surface area contributed by atoms with Gasteiger partial charge in [0.1, 0.15) is 24.6 Å². The van der Waals surface area contributed by atoms with Gasteiger partial charge in [-0.2, -0.15) is 0 Å². The van der Waals surface area contributed by atoms with Crippen LogP contribution < -0.4 is 5.32 Å². The number of imidazole rings is 1. The standard InChI is InChI=1S/C17H20N6O4/c24-7-11-13(25)14(26)17(27-11)23-9-22-12-15(20-8-21-16(12)23)19-6-4-10-3-1-2-5-18-10/h1-3,5,8-9,11,13-14,17,24-26H,4,6-7H2,(H,19,20,21). The zero-order valence-electron chi connectivity index (χ0n) is 14.4. The number of nitrogens with one attached hydrogen (secondary N) is 1. The quantitative estimate of drug-likeness (QED) is 0.450. The minimum atomic E-state index is -1.20. The maximum atomic E-state index is 10.2. The summed E-state index contributed by atoms with van der Waals surface area (Å²) in [6, 6.07) is 5.76. The van der Waals surface area contributed by atoms with Crippen molar-refractivity contribution in [3.8, 4) is 0 Å². The van der Waals surface area contributed by atoms with Gasteiger partial charge in [-0.3, -0.25) is 9.55 Å². The highest BCUT2D eigenvalue weighted by Crippen LogP contribution is 2.32. The first-order valence-corrected chi connectivity index (χ1v) is 8.63. The maximum Gasteiger partial charge on any atom is 0.167 e. The van der Waals surface area contributed by atoms with E-state index in [1.807, 2.05) is 18.2 Å². The Hall–Kier alpha value is -2.66. The van der Waals surface area contributed by atoms with Crippen LogP contribution in [0.5, 0.6) is 0 Å². The third kappa shape index (κ3) is 3.35. The van der Waals surface area contributed by atoms with Gasteiger partial charge in [-0.05, 0) is 12.1 Å². The fourth-order valence-electron chi connectivity index (χ4n) is 3.13. The molecular formula is C17H20N6O4. The Morgan fingerprint density at radius 3 is 2.74 bits per heavy atom. The van der Waals surface area contributed by atoms with Crippen LogP contribution in [0.3, 0.4) is 0 Å². The van der Waals surface area contributed by atoms with Gasteiger partial charge in [0.2, 0.25) is 0 Å². The monoisotopic (exact) mass is 372 g/mol. The molecule has 1 aliphatic heterocycles. The second-order valence-corrected chi connectivity index (χ2v) is 6.27. The summed E-state index contributed by atoms with van der Waals surface area (Å²) >= 11 is 0. The Kier molecular flexibility index (Phi) is 4.94. The van der Waals surface area contributed by atoms with Crippen LogP contribution in [-0.4, -0.2) is 71.3 Å². The first-order valence-electron chi connectivity index (χ1n) is 8.63. The highest BCUT2D eigenvalue weighted by molar-refractivity contribution is 5.82. The summed E-state index contributed by atoms with van der Waals surface area (Å²) in [5.41, 5.74) is 1.95. The Bertz CT molecular complexity index is 905. The lowest BCUT2D eigenvalue weighted by molar-refractivity contribution is -0.0511. The van der Waals surface area contributed by atoms with E-state index in [0.717, 1.165) is 12.1 Å². The molecule has 0 amide bonds. The van der Waals surface area contributed by atoms with Crippen LogP contribution in [-0.2, 0) is 11.2 Å². The fraction of sp³-hybridized carbons (Fsp3) is 0.412. The summed E-state index contributed by atoms with van der Waals surface area (Å²) in [6.45, 7) is 0.223. The molecule has 142 valence electrons. The van der Waals surface area contributed by atoms with Gasteiger partial charge >= 0.3 is 0 Å². The predicted molar refractivity (Wildman–Crippen MR) is 94.8 cm³/mol. The number of ether oxygens (including phenoxy) is 1. The highest BCUT2D eigenvalue weighted by Gasteiger charge is 2.44. The molecule has 1 saturated heterocycles. The van der Waals surface area contributed by atoms with E-state index in [0.29, 0.717) is 23.5 Å². The molecule has 0 saturated carbocycles. The van der Waals surface area contributed by atoms with Gasteiger partial charge in [-0.15, -0.1) is 0 Å². The second kappa shape index (κ2) is 7.53. The van der Waals surface area contributed by atoms with Gasteiger partial charge in [-0.1, -0.05) is 6.07 Å². The molecule has 0 aliphatic carbocycles. The Morgan fingerprint density at radius 2 is 2.00 bits per heavy atom. The van der Waals surface area contributed by atoms with E-state index in [-0.39, 0.29) is 0 Å². The number of hydrogen-bond donors (Lipinski definition) is 4. The summed E-state index contributed by atoms with van der Waals surface area (Å²) in [6.07, 6.45) is 1.21. The molecule has 1 aliphatic rings. The molecule has 0 aromatic carbocycles. The Labute approximate surface area is 154 Å². The molecule has 10 nitrogen and oxygen atoms in total. The molecule has 4 N–H and O–H groups in total. The average Bonchev–Trinajstić information content (AvgIpc) is 3.25. The predicted octanol–water partition coefficient (Wildman–Crippen LogP) is -0.513. The molecule has 3 aromatic rings. The smallest absolute Gasteiger partial charge is 0.167 e. The number of anilines is 1. The van der Waals surface area contributed by atoms with E-state index in [1.54, 1.807) is 6.20 Å². The lowest BCUT2D eigenvalue weighted by Gasteiger charge is -2.16. The number of rotatable bonds is 6. The molecule has 4 heterocycles. The molecule has 4 atom stereocenters. The molecule has 1 fully saturated rings. The first-order chi connectivity index (χ1) is 13.2. The van der Waals surface area contributed by atoms with Crippen LogP contribution in [0.15, 0.2) is 37.1 Å².